The monoisotopic (exact) mass is 262 g/mol. The van der Waals surface area contributed by atoms with Crippen LogP contribution < -0.4 is 0 Å². The third-order valence-corrected chi connectivity index (χ3v) is 3.41. The molecule has 2 aromatic rings. The minimum Gasteiger partial charge on any atom is -0.395 e. The van der Waals surface area contributed by atoms with Crippen LogP contribution in [0.4, 0.5) is 8.78 Å². The topological polar surface area (TPSA) is 20.2 Å². The fraction of sp³-hybridized carbons (Fsp3) is 0.250. The van der Waals surface area contributed by atoms with Gasteiger partial charge >= 0.3 is 0 Å². The lowest BCUT2D eigenvalue weighted by molar-refractivity contribution is 0.203. The summed E-state index contributed by atoms with van der Waals surface area (Å²) in [5.74, 6) is -0.663. The van der Waals surface area contributed by atoms with Crippen LogP contribution in [0.15, 0.2) is 48.5 Å². The normalized spacial score (nSPS) is 14.1. The molecule has 0 heterocycles. The molecular weight excluding hydrogens is 246 g/mol. The van der Waals surface area contributed by atoms with Gasteiger partial charge in [0.05, 0.1) is 6.61 Å². The minimum absolute atomic E-state index is 0.176. The Balaban J connectivity index is 2.36. The molecule has 0 aromatic heterocycles. The number of benzene rings is 2. The molecule has 1 atom stereocenters. The smallest absolute Gasteiger partial charge is 0.126 e. The average Bonchev–Trinajstić information content (AvgIpc) is 2.41. The molecule has 0 radical (unpaired) electrons. The van der Waals surface area contributed by atoms with E-state index in [1.165, 1.54) is 18.2 Å². The molecule has 0 bridgehead atoms. The Kier molecular flexibility index (Phi) is 3.96. The van der Waals surface area contributed by atoms with Crippen molar-refractivity contribution in [3.8, 4) is 0 Å². The van der Waals surface area contributed by atoms with E-state index in [1.807, 2.05) is 0 Å². The van der Waals surface area contributed by atoms with Crippen LogP contribution in [0.25, 0.3) is 0 Å². The molecule has 1 unspecified atom stereocenters. The number of halogens is 2. The summed E-state index contributed by atoms with van der Waals surface area (Å²) in [6.07, 6.45) is 0.319. The third-order valence-electron chi connectivity index (χ3n) is 3.41. The molecule has 100 valence electrons. The van der Waals surface area contributed by atoms with Crippen molar-refractivity contribution in [3.05, 3.63) is 71.3 Å². The zero-order valence-corrected chi connectivity index (χ0v) is 10.7. The number of aliphatic hydroxyl groups excluding tert-OH is 1. The van der Waals surface area contributed by atoms with Crippen molar-refractivity contribution in [2.75, 3.05) is 6.61 Å². The fourth-order valence-corrected chi connectivity index (χ4v) is 2.18. The van der Waals surface area contributed by atoms with Crippen LogP contribution >= 0.6 is 0 Å². The summed E-state index contributed by atoms with van der Waals surface area (Å²) < 4.78 is 27.0. The average molecular weight is 262 g/mol. The van der Waals surface area contributed by atoms with Gasteiger partial charge in [0.2, 0.25) is 0 Å². The second-order valence-electron chi connectivity index (χ2n) is 5.00. The van der Waals surface area contributed by atoms with Gasteiger partial charge in [-0.05, 0) is 35.7 Å². The van der Waals surface area contributed by atoms with Crippen molar-refractivity contribution in [1.82, 2.24) is 0 Å². The lowest BCUT2D eigenvalue weighted by atomic mass is 9.78. The molecule has 1 N–H and O–H groups in total. The first kappa shape index (κ1) is 13.7. The van der Waals surface area contributed by atoms with Gasteiger partial charge in [0, 0.05) is 5.41 Å². The Hall–Kier alpha value is -1.74. The quantitative estimate of drug-likeness (QED) is 0.894. The van der Waals surface area contributed by atoms with Crippen molar-refractivity contribution in [3.63, 3.8) is 0 Å². The van der Waals surface area contributed by atoms with Crippen molar-refractivity contribution < 1.29 is 13.9 Å². The van der Waals surface area contributed by atoms with Gasteiger partial charge in [0.1, 0.15) is 11.6 Å². The maximum atomic E-state index is 13.7. The largest absolute Gasteiger partial charge is 0.395 e. The van der Waals surface area contributed by atoms with E-state index in [9.17, 15) is 13.9 Å². The number of hydrogen-bond acceptors (Lipinski definition) is 1. The van der Waals surface area contributed by atoms with E-state index < -0.39 is 5.41 Å². The molecule has 2 rings (SSSR count). The molecule has 3 heteroatoms. The van der Waals surface area contributed by atoms with E-state index >= 15 is 0 Å². The summed E-state index contributed by atoms with van der Waals surface area (Å²) in [7, 11) is 0. The van der Waals surface area contributed by atoms with Crippen LogP contribution in [0.5, 0.6) is 0 Å². The number of hydrogen-bond donors (Lipinski definition) is 1. The molecule has 0 fully saturated rings. The first-order valence-electron chi connectivity index (χ1n) is 6.15. The highest BCUT2D eigenvalue weighted by molar-refractivity contribution is 5.30. The summed E-state index contributed by atoms with van der Waals surface area (Å²) in [6.45, 7) is 1.62. The van der Waals surface area contributed by atoms with Gasteiger partial charge < -0.3 is 5.11 Å². The van der Waals surface area contributed by atoms with E-state index in [2.05, 4.69) is 0 Å². The first-order chi connectivity index (χ1) is 9.05. The van der Waals surface area contributed by atoms with Crippen molar-refractivity contribution in [1.29, 1.82) is 0 Å². The van der Waals surface area contributed by atoms with Crippen molar-refractivity contribution >= 4 is 0 Å². The summed E-state index contributed by atoms with van der Waals surface area (Å²) in [5.41, 5.74) is 0.478. The Morgan fingerprint density at radius 2 is 1.79 bits per heavy atom. The predicted octanol–water partition coefficient (Wildman–Crippen LogP) is 3.46. The highest BCUT2D eigenvalue weighted by Gasteiger charge is 2.27. The van der Waals surface area contributed by atoms with Crippen LogP contribution in [0, 0.1) is 11.6 Å². The zero-order chi connectivity index (χ0) is 13.9. The molecule has 0 saturated carbocycles. The third kappa shape index (κ3) is 2.99. The van der Waals surface area contributed by atoms with Gasteiger partial charge in [-0.1, -0.05) is 37.3 Å². The van der Waals surface area contributed by atoms with Crippen LogP contribution in [0.1, 0.15) is 18.1 Å². The molecule has 0 saturated heterocycles. The van der Waals surface area contributed by atoms with E-state index in [-0.39, 0.29) is 18.2 Å². The summed E-state index contributed by atoms with van der Waals surface area (Å²) in [4.78, 5) is 0. The van der Waals surface area contributed by atoms with Crippen molar-refractivity contribution in [2.24, 2.45) is 0 Å². The lowest BCUT2D eigenvalue weighted by Crippen LogP contribution is -2.30. The molecule has 19 heavy (non-hydrogen) atoms. The molecule has 0 aliphatic carbocycles. The van der Waals surface area contributed by atoms with Crippen molar-refractivity contribution in [2.45, 2.75) is 18.8 Å². The Labute approximate surface area is 111 Å². The van der Waals surface area contributed by atoms with E-state index in [4.69, 9.17) is 0 Å². The summed E-state index contributed by atoms with van der Waals surface area (Å²) in [5, 5.41) is 9.64. The molecule has 0 aliphatic rings. The maximum absolute atomic E-state index is 13.7. The standard InChI is InChI=1S/C16H16F2O/c1-16(11-19,13-6-4-7-14(17)9-13)10-12-5-2-3-8-15(12)18/h2-9,19H,10-11H2,1H3. The van der Waals surface area contributed by atoms with Crippen LogP contribution in [-0.4, -0.2) is 11.7 Å². The Morgan fingerprint density at radius 3 is 2.42 bits per heavy atom. The SMILES string of the molecule is CC(CO)(Cc1ccccc1F)c1cccc(F)c1. The van der Waals surface area contributed by atoms with Gasteiger partial charge in [0.15, 0.2) is 0 Å². The number of rotatable bonds is 4. The number of aliphatic hydroxyl groups is 1. The molecule has 0 amide bonds. The van der Waals surface area contributed by atoms with Gasteiger partial charge in [0.25, 0.3) is 0 Å². The Morgan fingerprint density at radius 1 is 1.05 bits per heavy atom. The van der Waals surface area contributed by atoms with Gasteiger partial charge in [-0.25, -0.2) is 8.78 Å². The van der Waals surface area contributed by atoms with E-state index in [0.29, 0.717) is 17.5 Å². The zero-order valence-electron chi connectivity index (χ0n) is 10.7. The maximum Gasteiger partial charge on any atom is 0.126 e. The highest BCUT2D eigenvalue weighted by Crippen LogP contribution is 2.29. The molecule has 2 aromatic carbocycles. The minimum atomic E-state index is -0.704. The molecule has 0 spiro atoms. The summed E-state index contributed by atoms with van der Waals surface area (Å²) in [6, 6.07) is 12.5. The molecule has 1 nitrogen and oxygen atoms in total. The van der Waals surface area contributed by atoms with Gasteiger partial charge in [-0.3, -0.25) is 0 Å². The summed E-state index contributed by atoms with van der Waals surface area (Å²) >= 11 is 0. The van der Waals surface area contributed by atoms with E-state index in [1.54, 1.807) is 37.3 Å². The second-order valence-corrected chi connectivity index (χ2v) is 5.00. The molecular formula is C16H16F2O. The molecule has 0 aliphatic heterocycles. The van der Waals surface area contributed by atoms with Crippen LogP contribution in [0.3, 0.4) is 0 Å². The highest BCUT2D eigenvalue weighted by atomic mass is 19.1. The van der Waals surface area contributed by atoms with Gasteiger partial charge in [-0.2, -0.15) is 0 Å². The second kappa shape index (κ2) is 5.49. The lowest BCUT2D eigenvalue weighted by Gasteiger charge is -2.28. The van der Waals surface area contributed by atoms with Crippen LogP contribution in [-0.2, 0) is 11.8 Å². The fourth-order valence-electron chi connectivity index (χ4n) is 2.18. The predicted molar refractivity (Wildman–Crippen MR) is 70.9 cm³/mol. The Bertz CT molecular complexity index is 568. The van der Waals surface area contributed by atoms with Crippen LogP contribution in [0.2, 0.25) is 0 Å². The van der Waals surface area contributed by atoms with E-state index in [0.717, 1.165) is 0 Å². The van der Waals surface area contributed by atoms with Gasteiger partial charge in [-0.15, -0.1) is 0 Å². The first-order valence-corrected chi connectivity index (χ1v) is 6.15.